The highest BCUT2D eigenvalue weighted by Gasteiger charge is 2.32. The molecule has 4 rings (SSSR count). The van der Waals surface area contributed by atoms with E-state index in [0.29, 0.717) is 30.6 Å². The highest BCUT2D eigenvalue weighted by atomic mass is 16.1. The number of hydrogen-bond acceptors (Lipinski definition) is 3. The van der Waals surface area contributed by atoms with E-state index in [9.17, 15) is 9.59 Å². The molecule has 1 saturated heterocycles. The Balaban J connectivity index is 1.72. The molecule has 2 fully saturated rings. The van der Waals surface area contributed by atoms with E-state index in [-0.39, 0.29) is 5.56 Å². The predicted molar refractivity (Wildman–Crippen MR) is 109 cm³/mol. The SMILES string of the molecule is CCc1cc2cc(C(C3CCCCC3)N3CCC(=O)CC3)ccc2[nH]c1=O. The maximum atomic E-state index is 12.1. The van der Waals surface area contributed by atoms with Gasteiger partial charge in [0, 0.05) is 43.1 Å². The van der Waals surface area contributed by atoms with Gasteiger partial charge in [0.25, 0.3) is 5.56 Å². The summed E-state index contributed by atoms with van der Waals surface area (Å²) in [5.74, 6) is 1.06. The number of carbonyl (C=O) groups is 1. The summed E-state index contributed by atoms with van der Waals surface area (Å²) < 4.78 is 0. The maximum absolute atomic E-state index is 12.1. The monoisotopic (exact) mass is 366 g/mol. The Bertz CT molecular complexity index is 870. The van der Waals surface area contributed by atoms with Crippen LogP contribution in [0.4, 0.5) is 0 Å². The standard InChI is InChI=1S/C23H30N2O2/c1-2-16-14-19-15-18(8-9-21(19)24-23(16)27)22(17-6-4-3-5-7-17)25-12-10-20(26)11-13-25/h8-9,14-15,17,22H,2-7,10-13H2,1H3,(H,24,27). The Morgan fingerprint density at radius 3 is 2.52 bits per heavy atom. The highest BCUT2D eigenvalue weighted by molar-refractivity contribution is 5.80. The molecule has 4 nitrogen and oxygen atoms in total. The Morgan fingerprint density at radius 2 is 1.81 bits per heavy atom. The number of carbonyl (C=O) groups excluding carboxylic acids is 1. The van der Waals surface area contributed by atoms with Gasteiger partial charge < -0.3 is 4.98 Å². The van der Waals surface area contributed by atoms with Gasteiger partial charge in [-0.05, 0) is 54.3 Å². The van der Waals surface area contributed by atoms with Crippen LogP contribution >= 0.6 is 0 Å². The minimum atomic E-state index is 0.0242. The molecule has 1 aliphatic carbocycles. The van der Waals surface area contributed by atoms with Gasteiger partial charge in [-0.3, -0.25) is 14.5 Å². The number of likely N-dealkylation sites (tertiary alicyclic amines) is 1. The number of ketones is 1. The number of rotatable bonds is 4. The summed E-state index contributed by atoms with van der Waals surface area (Å²) >= 11 is 0. The molecule has 0 radical (unpaired) electrons. The van der Waals surface area contributed by atoms with Crippen LogP contribution < -0.4 is 5.56 Å². The summed E-state index contributed by atoms with van der Waals surface area (Å²) in [4.78, 5) is 29.4. The number of aromatic amines is 1. The molecule has 0 amide bonds. The fourth-order valence-electron chi connectivity index (χ4n) is 5.00. The zero-order valence-corrected chi connectivity index (χ0v) is 16.3. The van der Waals surface area contributed by atoms with Crippen LogP contribution in [0.15, 0.2) is 29.1 Å². The lowest BCUT2D eigenvalue weighted by molar-refractivity contribution is -0.122. The van der Waals surface area contributed by atoms with Crippen molar-refractivity contribution >= 4 is 16.7 Å². The van der Waals surface area contributed by atoms with Crippen LogP contribution in [-0.2, 0) is 11.2 Å². The van der Waals surface area contributed by atoms with Crippen LogP contribution in [0.3, 0.4) is 0 Å². The van der Waals surface area contributed by atoms with Gasteiger partial charge in [0.05, 0.1) is 0 Å². The predicted octanol–water partition coefficient (Wildman–Crippen LogP) is 4.38. The molecule has 2 heterocycles. The van der Waals surface area contributed by atoms with Crippen LogP contribution in [0.25, 0.3) is 10.9 Å². The maximum Gasteiger partial charge on any atom is 0.251 e. The second-order valence-electron chi connectivity index (χ2n) is 8.24. The number of pyridine rings is 1. The summed E-state index contributed by atoms with van der Waals surface area (Å²) in [5.41, 5.74) is 3.13. The zero-order chi connectivity index (χ0) is 18.8. The number of nitrogens with zero attached hydrogens (tertiary/aromatic N) is 1. The third kappa shape index (κ3) is 3.86. The van der Waals surface area contributed by atoms with Gasteiger partial charge in [0.15, 0.2) is 0 Å². The van der Waals surface area contributed by atoms with Crippen molar-refractivity contribution in [3.8, 4) is 0 Å². The van der Waals surface area contributed by atoms with Gasteiger partial charge in [-0.15, -0.1) is 0 Å². The number of benzene rings is 1. The van der Waals surface area contributed by atoms with Crippen molar-refractivity contribution in [1.82, 2.24) is 9.88 Å². The van der Waals surface area contributed by atoms with Gasteiger partial charge in [-0.2, -0.15) is 0 Å². The van der Waals surface area contributed by atoms with Gasteiger partial charge >= 0.3 is 0 Å². The van der Waals surface area contributed by atoms with Crippen molar-refractivity contribution in [1.29, 1.82) is 0 Å². The molecular weight excluding hydrogens is 336 g/mol. The molecule has 2 aliphatic rings. The zero-order valence-electron chi connectivity index (χ0n) is 16.3. The average molecular weight is 367 g/mol. The van der Waals surface area contributed by atoms with E-state index in [1.54, 1.807) is 0 Å². The number of aryl methyl sites for hydroxylation is 1. The summed E-state index contributed by atoms with van der Waals surface area (Å²) in [5, 5.41) is 1.12. The van der Waals surface area contributed by atoms with Crippen molar-refractivity contribution in [2.75, 3.05) is 13.1 Å². The van der Waals surface area contributed by atoms with Crippen molar-refractivity contribution in [3.05, 3.63) is 45.7 Å². The molecule has 1 unspecified atom stereocenters. The van der Waals surface area contributed by atoms with Gasteiger partial charge in [-0.1, -0.05) is 32.3 Å². The smallest absolute Gasteiger partial charge is 0.251 e. The fraction of sp³-hybridized carbons (Fsp3) is 0.565. The van der Waals surface area contributed by atoms with E-state index in [0.717, 1.165) is 36.0 Å². The molecule has 4 heteroatoms. The molecular formula is C23H30N2O2. The van der Waals surface area contributed by atoms with Crippen molar-refractivity contribution in [3.63, 3.8) is 0 Å². The third-order valence-electron chi connectivity index (χ3n) is 6.51. The number of aromatic nitrogens is 1. The highest BCUT2D eigenvalue weighted by Crippen LogP contribution is 2.40. The average Bonchev–Trinajstić information content (AvgIpc) is 2.70. The summed E-state index contributed by atoms with van der Waals surface area (Å²) in [6.07, 6.45) is 8.64. The molecule has 0 spiro atoms. The number of hydrogen-bond donors (Lipinski definition) is 1. The van der Waals surface area contributed by atoms with E-state index in [1.807, 2.05) is 6.92 Å². The van der Waals surface area contributed by atoms with Crippen LogP contribution in [0.2, 0.25) is 0 Å². The van der Waals surface area contributed by atoms with Crippen LogP contribution in [0, 0.1) is 5.92 Å². The third-order valence-corrected chi connectivity index (χ3v) is 6.51. The molecule has 0 bridgehead atoms. The summed E-state index contributed by atoms with van der Waals surface area (Å²) in [7, 11) is 0. The molecule has 1 aliphatic heterocycles. The molecule has 2 aromatic rings. The number of fused-ring (bicyclic) bond motifs is 1. The summed E-state index contributed by atoms with van der Waals surface area (Å²) in [6.45, 7) is 3.78. The quantitative estimate of drug-likeness (QED) is 0.874. The van der Waals surface area contributed by atoms with E-state index in [1.165, 1.54) is 37.7 Å². The van der Waals surface area contributed by atoms with Gasteiger partial charge in [0.2, 0.25) is 0 Å². The van der Waals surface area contributed by atoms with Crippen molar-refractivity contribution in [2.24, 2.45) is 5.92 Å². The second kappa shape index (κ2) is 7.97. The van der Waals surface area contributed by atoms with E-state index in [4.69, 9.17) is 0 Å². The number of piperidine rings is 1. The molecule has 1 saturated carbocycles. The minimum Gasteiger partial charge on any atom is -0.322 e. The minimum absolute atomic E-state index is 0.0242. The van der Waals surface area contributed by atoms with Crippen LogP contribution in [0.1, 0.15) is 69.0 Å². The first kappa shape index (κ1) is 18.4. The second-order valence-corrected chi connectivity index (χ2v) is 8.24. The lowest BCUT2D eigenvalue weighted by Crippen LogP contribution is -2.40. The van der Waals surface area contributed by atoms with Crippen molar-refractivity contribution in [2.45, 2.75) is 64.3 Å². The fourth-order valence-corrected chi connectivity index (χ4v) is 5.00. The molecule has 144 valence electrons. The Morgan fingerprint density at radius 1 is 1.07 bits per heavy atom. The van der Waals surface area contributed by atoms with Gasteiger partial charge in [0.1, 0.15) is 5.78 Å². The Kier molecular flexibility index (Phi) is 5.44. The normalized spacial score (nSPS) is 20.9. The summed E-state index contributed by atoms with van der Waals surface area (Å²) in [6, 6.07) is 8.98. The molecule has 1 aromatic heterocycles. The molecule has 1 N–H and O–H groups in total. The van der Waals surface area contributed by atoms with E-state index in [2.05, 4.69) is 34.1 Å². The van der Waals surface area contributed by atoms with E-state index < -0.39 is 0 Å². The first-order valence-electron chi connectivity index (χ1n) is 10.6. The lowest BCUT2D eigenvalue weighted by atomic mass is 9.79. The van der Waals surface area contributed by atoms with Crippen molar-refractivity contribution < 1.29 is 4.79 Å². The molecule has 1 aromatic carbocycles. The van der Waals surface area contributed by atoms with Crippen LogP contribution in [0.5, 0.6) is 0 Å². The first-order valence-corrected chi connectivity index (χ1v) is 10.6. The first-order chi connectivity index (χ1) is 13.2. The molecule has 1 atom stereocenters. The Labute approximate surface area is 161 Å². The lowest BCUT2D eigenvalue weighted by Gasteiger charge is -2.41. The van der Waals surface area contributed by atoms with Gasteiger partial charge in [-0.25, -0.2) is 0 Å². The largest absolute Gasteiger partial charge is 0.322 e. The van der Waals surface area contributed by atoms with E-state index >= 15 is 0 Å². The molecule has 27 heavy (non-hydrogen) atoms. The number of Topliss-reactive ketones (excluding diaryl/α,β-unsaturated/α-hetero) is 1. The van der Waals surface area contributed by atoms with Crippen LogP contribution in [-0.4, -0.2) is 28.8 Å². The topological polar surface area (TPSA) is 53.2 Å². The number of H-pyrrole nitrogens is 1. The number of nitrogens with one attached hydrogen (secondary N) is 1. The Hall–Kier alpha value is -1.94.